The molecule has 0 bridgehead atoms. The maximum atomic E-state index is 12.3. The van der Waals surface area contributed by atoms with E-state index in [4.69, 9.17) is 16.6 Å². The number of furan rings is 1. The highest BCUT2D eigenvalue weighted by Gasteiger charge is 2.18. The quantitative estimate of drug-likeness (QED) is 0.308. The number of thiocarbonyl (C=S) groups is 1. The molecule has 0 spiro atoms. The second-order valence-corrected chi connectivity index (χ2v) is 7.99. The van der Waals surface area contributed by atoms with Crippen molar-refractivity contribution in [3.63, 3.8) is 0 Å². The van der Waals surface area contributed by atoms with Crippen molar-refractivity contribution in [3.05, 3.63) is 60.9 Å². The molecule has 6 nitrogen and oxygen atoms in total. The van der Waals surface area contributed by atoms with Gasteiger partial charge in [-0.25, -0.2) is 4.79 Å². The first-order chi connectivity index (χ1) is 12.3. The Bertz CT molecular complexity index is 1020. The largest absolute Gasteiger partial charge is 0.478 e. The summed E-state index contributed by atoms with van der Waals surface area (Å²) in [7, 11) is 0. The topological polar surface area (TPSA) is 91.6 Å². The monoisotopic (exact) mass is 592 g/mol. The van der Waals surface area contributed by atoms with E-state index in [0.717, 1.165) is 8.96 Å². The Kier molecular flexibility index (Phi) is 5.77. The third-order valence-corrected chi connectivity index (χ3v) is 5.08. The van der Waals surface area contributed by atoms with Crippen LogP contribution in [0, 0.1) is 7.14 Å². The predicted molar refractivity (Wildman–Crippen MR) is 119 cm³/mol. The second-order valence-electron chi connectivity index (χ2n) is 5.17. The van der Waals surface area contributed by atoms with Gasteiger partial charge in [-0.15, -0.1) is 0 Å². The van der Waals surface area contributed by atoms with Crippen LogP contribution in [0.3, 0.4) is 0 Å². The number of halogens is 2. The van der Waals surface area contributed by atoms with Crippen molar-refractivity contribution in [3.8, 4) is 0 Å². The van der Waals surface area contributed by atoms with Crippen LogP contribution in [0.15, 0.2) is 46.9 Å². The number of rotatable bonds is 3. The lowest BCUT2D eigenvalue weighted by Gasteiger charge is -2.13. The number of benzene rings is 2. The fraction of sp³-hybridized carbons (Fsp3) is 0. The van der Waals surface area contributed by atoms with Crippen LogP contribution < -0.4 is 10.6 Å². The summed E-state index contributed by atoms with van der Waals surface area (Å²) in [5, 5.41) is 15.5. The number of carboxylic acids is 1. The maximum absolute atomic E-state index is 12.3. The Morgan fingerprint density at radius 2 is 1.85 bits per heavy atom. The number of hydrogen-bond donors (Lipinski definition) is 3. The number of nitrogens with one attached hydrogen (secondary N) is 2. The molecular weight excluding hydrogens is 582 g/mol. The molecule has 9 heteroatoms. The first-order valence-corrected chi connectivity index (χ1v) is 9.75. The minimum Gasteiger partial charge on any atom is -0.478 e. The summed E-state index contributed by atoms with van der Waals surface area (Å²) in [6.07, 6.45) is 0. The van der Waals surface area contributed by atoms with Gasteiger partial charge < -0.3 is 14.8 Å². The maximum Gasteiger partial charge on any atom is 0.337 e. The van der Waals surface area contributed by atoms with Gasteiger partial charge in [-0.3, -0.25) is 10.1 Å². The lowest BCUT2D eigenvalue weighted by atomic mass is 10.2. The third-order valence-electron chi connectivity index (χ3n) is 3.40. The molecule has 3 rings (SSSR count). The summed E-state index contributed by atoms with van der Waals surface area (Å²) >= 11 is 9.20. The van der Waals surface area contributed by atoms with E-state index in [9.17, 15) is 14.7 Å². The highest BCUT2D eigenvalue weighted by atomic mass is 127. The predicted octanol–water partition coefficient (Wildman–Crippen LogP) is 4.47. The molecule has 132 valence electrons. The summed E-state index contributed by atoms with van der Waals surface area (Å²) < 4.78 is 6.94. The second kappa shape index (κ2) is 7.88. The first kappa shape index (κ1) is 19.0. The molecule has 0 unspecified atom stereocenters. The molecule has 1 amide bonds. The number of hydrogen-bond acceptors (Lipinski definition) is 4. The molecule has 3 aromatic rings. The number of carbonyl (C=O) groups excluding carboxylic acids is 1. The molecule has 26 heavy (non-hydrogen) atoms. The average molecular weight is 592 g/mol. The van der Waals surface area contributed by atoms with Crippen LogP contribution in [-0.2, 0) is 0 Å². The molecule has 0 aliphatic rings. The SMILES string of the molecule is O=C(NC(=S)Nc1c(I)cc(I)cc1C(=O)O)c1cc2ccccc2o1. The van der Waals surface area contributed by atoms with E-state index in [1.165, 1.54) is 6.07 Å². The summed E-state index contributed by atoms with van der Waals surface area (Å²) in [4.78, 5) is 23.8. The van der Waals surface area contributed by atoms with E-state index >= 15 is 0 Å². The van der Waals surface area contributed by atoms with Crippen molar-refractivity contribution in [2.24, 2.45) is 0 Å². The number of carboxylic acid groups (broad SMARTS) is 1. The zero-order valence-electron chi connectivity index (χ0n) is 12.9. The Labute approximate surface area is 180 Å². The molecule has 0 radical (unpaired) electrons. The van der Waals surface area contributed by atoms with Gasteiger partial charge in [-0.2, -0.15) is 0 Å². The highest BCUT2D eigenvalue weighted by molar-refractivity contribution is 14.1. The summed E-state index contributed by atoms with van der Waals surface area (Å²) in [6.45, 7) is 0. The van der Waals surface area contributed by atoms with Gasteiger partial charge in [0.2, 0.25) is 0 Å². The number of carbonyl (C=O) groups is 2. The fourth-order valence-electron chi connectivity index (χ4n) is 2.27. The molecule has 0 fully saturated rings. The van der Waals surface area contributed by atoms with Gasteiger partial charge in [-0.1, -0.05) is 18.2 Å². The lowest BCUT2D eigenvalue weighted by Crippen LogP contribution is -2.34. The van der Waals surface area contributed by atoms with Crippen molar-refractivity contribution >= 4 is 91.0 Å². The lowest BCUT2D eigenvalue weighted by molar-refractivity contribution is 0.0697. The van der Waals surface area contributed by atoms with Crippen LogP contribution in [0.1, 0.15) is 20.9 Å². The van der Waals surface area contributed by atoms with Crippen molar-refractivity contribution in [1.29, 1.82) is 0 Å². The third kappa shape index (κ3) is 4.15. The zero-order chi connectivity index (χ0) is 18.8. The first-order valence-electron chi connectivity index (χ1n) is 7.18. The van der Waals surface area contributed by atoms with Gasteiger partial charge in [-0.05, 0) is 81.7 Å². The van der Waals surface area contributed by atoms with E-state index < -0.39 is 11.9 Å². The van der Waals surface area contributed by atoms with Gasteiger partial charge in [0.15, 0.2) is 10.9 Å². The van der Waals surface area contributed by atoms with Crippen molar-refractivity contribution in [2.45, 2.75) is 0 Å². The van der Waals surface area contributed by atoms with Crippen LogP contribution in [0.5, 0.6) is 0 Å². The number of para-hydroxylation sites is 1. The molecule has 0 saturated heterocycles. The summed E-state index contributed by atoms with van der Waals surface area (Å²) in [5.74, 6) is -1.49. The molecular formula is C17H10I2N2O4S. The Hall–Kier alpha value is -1.73. The standard InChI is InChI=1S/C17H10I2N2O4S/c18-9-6-10(16(23)24)14(11(19)7-9)20-17(26)21-15(22)13-5-8-3-1-2-4-12(8)25-13/h1-7H,(H,23,24)(H2,20,21,22,26). The fourth-order valence-corrected chi connectivity index (χ4v) is 4.45. The van der Waals surface area contributed by atoms with E-state index in [1.54, 1.807) is 18.2 Å². The molecule has 0 atom stereocenters. The van der Waals surface area contributed by atoms with Gasteiger partial charge in [0.1, 0.15) is 5.58 Å². The van der Waals surface area contributed by atoms with E-state index in [2.05, 4.69) is 10.6 Å². The van der Waals surface area contributed by atoms with Crippen molar-refractivity contribution in [1.82, 2.24) is 5.32 Å². The van der Waals surface area contributed by atoms with Gasteiger partial charge in [0, 0.05) is 12.5 Å². The highest BCUT2D eigenvalue weighted by Crippen LogP contribution is 2.26. The van der Waals surface area contributed by atoms with Crippen molar-refractivity contribution in [2.75, 3.05) is 5.32 Å². The van der Waals surface area contributed by atoms with Crippen LogP contribution in [0.25, 0.3) is 11.0 Å². The van der Waals surface area contributed by atoms with Gasteiger partial charge in [0.05, 0.1) is 11.3 Å². The van der Waals surface area contributed by atoms with Crippen LogP contribution in [-0.4, -0.2) is 22.1 Å². The Morgan fingerprint density at radius 3 is 2.54 bits per heavy atom. The summed E-state index contributed by atoms with van der Waals surface area (Å²) in [5.41, 5.74) is 0.993. The summed E-state index contributed by atoms with van der Waals surface area (Å²) in [6, 6.07) is 12.2. The molecule has 0 aliphatic carbocycles. The molecule has 2 aromatic carbocycles. The van der Waals surface area contributed by atoms with Gasteiger partial charge in [0.25, 0.3) is 5.91 Å². The zero-order valence-corrected chi connectivity index (χ0v) is 18.0. The smallest absolute Gasteiger partial charge is 0.337 e. The number of aromatic carboxylic acids is 1. The van der Waals surface area contributed by atoms with Crippen molar-refractivity contribution < 1.29 is 19.1 Å². The molecule has 1 aromatic heterocycles. The van der Waals surface area contributed by atoms with Crippen LogP contribution in [0.4, 0.5) is 5.69 Å². The van der Waals surface area contributed by atoms with E-state index in [-0.39, 0.29) is 16.4 Å². The van der Waals surface area contributed by atoms with Crippen LogP contribution in [0.2, 0.25) is 0 Å². The Balaban J connectivity index is 1.79. The number of fused-ring (bicyclic) bond motifs is 1. The van der Waals surface area contributed by atoms with Gasteiger partial charge >= 0.3 is 5.97 Å². The Morgan fingerprint density at radius 1 is 1.12 bits per heavy atom. The number of amides is 1. The normalized spacial score (nSPS) is 10.5. The van der Waals surface area contributed by atoms with E-state index in [1.807, 2.05) is 63.4 Å². The number of anilines is 1. The average Bonchev–Trinajstić information content (AvgIpc) is 3.01. The molecule has 3 N–H and O–H groups in total. The molecule has 1 heterocycles. The van der Waals surface area contributed by atoms with E-state index in [0.29, 0.717) is 14.8 Å². The molecule has 0 aliphatic heterocycles. The minimum atomic E-state index is -1.09. The van der Waals surface area contributed by atoms with Crippen LogP contribution >= 0.6 is 57.4 Å². The minimum absolute atomic E-state index is 0.0166. The molecule has 0 saturated carbocycles.